The van der Waals surface area contributed by atoms with E-state index < -0.39 is 29.0 Å². The summed E-state index contributed by atoms with van der Waals surface area (Å²) in [4.78, 5) is 11.4. The quantitative estimate of drug-likeness (QED) is 0.475. The standard InChI is InChI=1S/C12H16FNO5/c1-6(5-15)9(16)4-14-3-7-2-8(13)11(18)12(19)10(7)17/h2,6,14-15,17-19H,3-5H2,1H3. The van der Waals surface area contributed by atoms with Crippen LogP contribution in [0.3, 0.4) is 0 Å². The van der Waals surface area contributed by atoms with E-state index in [0.29, 0.717) is 0 Å². The van der Waals surface area contributed by atoms with E-state index in [1.54, 1.807) is 6.92 Å². The highest BCUT2D eigenvalue weighted by atomic mass is 19.1. The van der Waals surface area contributed by atoms with Crippen LogP contribution in [-0.2, 0) is 11.3 Å². The number of phenolic OH excluding ortho intramolecular Hbond substituents is 3. The number of halogens is 1. The van der Waals surface area contributed by atoms with E-state index >= 15 is 0 Å². The molecule has 0 radical (unpaired) electrons. The largest absolute Gasteiger partial charge is 0.504 e. The number of aromatic hydroxyl groups is 3. The fraction of sp³-hybridized carbons (Fsp3) is 0.417. The van der Waals surface area contributed by atoms with Gasteiger partial charge in [-0.15, -0.1) is 0 Å². The minimum absolute atomic E-state index is 0.0113. The number of Topliss-reactive ketones (excluding diaryl/α,β-unsaturated/α-hetero) is 1. The van der Waals surface area contributed by atoms with E-state index in [1.807, 2.05) is 0 Å². The maximum absolute atomic E-state index is 13.1. The van der Waals surface area contributed by atoms with Crippen LogP contribution in [0.5, 0.6) is 17.2 Å². The molecule has 1 aromatic carbocycles. The lowest BCUT2D eigenvalue weighted by Gasteiger charge is -2.11. The minimum Gasteiger partial charge on any atom is -0.504 e. The highest BCUT2D eigenvalue weighted by Gasteiger charge is 2.17. The van der Waals surface area contributed by atoms with E-state index in [2.05, 4.69) is 5.32 Å². The molecule has 0 aliphatic carbocycles. The molecule has 0 saturated heterocycles. The Kier molecular flexibility index (Phi) is 5.08. The number of ketones is 1. The van der Waals surface area contributed by atoms with Gasteiger partial charge in [-0.05, 0) is 6.07 Å². The summed E-state index contributed by atoms with van der Waals surface area (Å²) in [5.41, 5.74) is 0.0113. The number of hydrogen-bond acceptors (Lipinski definition) is 6. The number of hydrogen-bond donors (Lipinski definition) is 5. The summed E-state index contributed by atoms with van der Waals surface area (Å²) < 4.78 is 13.1. The Balaban J connectivity index is 2.67. The summed E-state index contributed by atoms with van der Waals surface area (Å²) in [7, 11) is 0. The molecule has 0 aliphatic rings. The van der Waals surface area contributed by atoms with Gasteiger partial charge in [0, 0.05) is 18.0 Å². The predicted octanol–water partition coefficient (Wildman–Crippen LogP) is 0.230. The third-order valence-corrected chi connectivity index (χ3v) is 2.72. The SMILES string of the molecule is CC(CO)C(=O)CNCc1cc(F)c(O)c(O)c1O. The van der Waals surface area contributed by atoms with Crippen molar-refractivity contribution in [2.75, 3.05) is 13.2 Å². The predicted molar refractivity (Wildman–Crippen MR) is 64.4 cm³/mol. The van der Waals surface area contributed by atoms with Crippen LogP contribution < -0.4 is 5.32 Å². The number of aliphatic hydroxyl groups is 1. The first kappa shape index (κ1) is 15.2. The number of phenols is 3. The highest BCUT2D eigenvalue weighted by molar-refractivity contribution is 5.82. The number of benzene rings is 1. The van der Waals surface area contributed by atoms with E-state index in [4.69, 9.17) is 10.2 Å². The van der Waals surface area contributed by atoms with Crippen LogP contribution in [0.4, 0.5) is 4.39 Å². The van der Waals surface area contributed by atoms with Gasteiger partial charge in [-0.25, -0.2) is 4.39 Å². The van der Waals surface area contributed by atoms with Gasteiger partial charge < -0.3 is 25.7 Å². The fourth-order valence-corrected chi connectivity index (χ4v) is 1.40. The molecule has 1 atom stereocenters. The van der Waals surface area contributed by atoms with E-state index in [-0.39, 0.29) is 31.0 Å². The molecule has 0 aliphatic heterocycles. The second kappa shape index (κ2) is 6.35. The first-order valence-corrected chi connectivity index (χ1v) is 5.65. The summed E-state index contributed by atoms with van der Waals surface area (Å²) in [6, 6.07) is 0.858. The molecule has 0 saturated carbocycles. The van der Waals surface area contributed by atoms with Gasteiger partial charge in [-0.2, -0.15) is 0 Å². The topological polar surface area (TPSA) is 110 Å². The van der Waals surface area contributed by atoms with Gasteiger partial charge in [-0.3, -0.25) is 4.79 Å². The highest BCUT2D eigenvalue weighted by Crippen LogP contribution is 2.39. The van der Waals surface area contributed by atoms with Crippen LogP contribution in [0.15, 0.2) is 6.07 Å². The number of aliphatic hydroxyl groups excluding tert-OH is 1. The molecule has 0 heterocycles. The average Bonchev–Trinajstić information content (AvgIpc) is 2.40. The lowest BCUT2D eigenvalue weighted by atomic mass is 10.1. The number of carbonyl (C=O) groups is 1. The average molecular weight is 273 g/mol. The summed E-state index contributed by atoms with van der Waals surface area (Å²) in [6.07, 6.45) is 0. The zero-order valence-electron chi connectivity index (χ0n) is 10.4. The molecule has 5 N–H and O–H groups in total. The zero-order chi connectivity index (χ0) is 14.6. The molecule has 19 heavy (non-hydrogen) atoms. The Hall–Kier alpha value is -1.86. The van der Waals surface area contributed by atoms with Crippen LogP contribution in [0.1, 0.15) is 12.5 Å². The molecule has 1 rings (SSSR count). The molecule has 7 heteroatoms. The molecule has 1 unspecified atom stereocenters. The summed E-state index contributed by atoms with van der Waals surface area (Å²) in [6.45, 7) is 1.17. The summed E-state index contributed by atoms with van der Waals surface area (Å²) >= 11 is 0. The van der Waals surface area contributed by atoms with Crippen molar-refractivity contribution in [1.82, 2.24) is 5.32 Å². The van der Waals surface area contributed by atoms with Gasteiger partial charge >= 0.3 is 0 Å². The maximum Gasteiger partial charge on any atom is 0.203 e. The fourth-order valence-electron chi connectivity index (χ4n) is 1.40. The Bertz CT molecular complexity index is 478. The Morgan fingerprint density at radius 2 is 1.95 bits per heavy atom. The molecule has 0 aromatic heterocycles. The van der Waals surface area contributed by atoms with Gasteiger partial charge in [-0.1, -0.05) is 6.92 Å². The molecular weight excluding hydrogens is 257 g/mol. The smallest absolute Gasteiger partial charge is 0.203 e. The number of carbonyl (C=O) groups excluding carboxylic acids is 1. The van der Waals surface area contributed by atoms with Crippen LogP contribution in [-0.4, -0.2) is 39.4 Å². The van der Waals surface area contributed by atoms with Gasteiger partial charge in [0.05, 0.1) is 13.2 Å². The van der Waals surface area contributed by atoms with Crippen LogP contribution in [0.25, 0.3) is 0 Å². The molecular formula is C12H16FNO5. The van der Waals surface area contributed by atoms with Gasteiger partial charge in [0.2, 0.25) is 5.75 Å². The van der Waals surface area contributed by atoms with Crippen molar-refractivity contribution >= 4 is 5.78 Å². The third-order valence-electron chi connectivity index (χ3n) is 2.72. The number of nitrogens with one attached hydrogen (secondary N) is 1. The molecule has 106 valence electrons. The van der Waals surface area contributed by atoms with Gasteiger partial charge in [0.1, 0.15) is 0 Å². The summed E-state index contributed by atoms with van der Waals surface area (Å²) in [5, 5.41) is 39.2. The molecule has 0 amide bonds. The van der Waals surface area contributed by atoms with Crippen molar-refractivity contribution in [2.24, 2.45) is 5.92 Å². The molecule has 1 aromatic rings. The number of rotatable bonds is 6. The first-order chi connectivity index (χ1) is 8.88. The Labute approximate surface area is 109 Å². The van der Waals surface area contributed by atoms with Crippen molar-refractivity contribution in [2.45, 2.75) is 13.5 Å². The zero-order valence-corrected chi connectivity index (χ0v) is 10.4. The minimum atomic E-state index is -1.07. The monoisotopic (exact) mass is 273 g/mol. The van der Waals surface area contributed by atoms with Crippen molar-refractivity contribution < 1.29 is 29.6 Å². The second-order valence-electron chi connectivity index (χ2n) is 4.22. The maximum atomic E-state index is 13.1. The van der Waals surface area contributed by atoms with Crippen molar-refractivity contribution in [3.05, 3.63) is 17.4 Å². The second-order valence-corrected chi connectivity index (χ2v) is 4.22. The van der Waals surface area contributed by atoms with Crippen molar-refractivity contribution in [1.29, 1.82) is 0 Å². The molecule has 6 nitrogen and oxygen atoms in total. The normalized spacial score (nSPS) is 12.4. The van der Waals surface area contributed by atoms with E-state index in [0.717, 1.165) is 6.07 Å². The van der Waals surface area contributed by atoms with E-state index in [9.17, 15) is 19.4 Å². The van der Waals surface area contributed by atoms with Crippen LogP contribution >= 0.6 is 0 Å². The molecule has 0 fully saturated rings. The van der Waals surface area contributed by atoms with Gasteiger partial charge in [0.25, 0.3) is 0 Å². The molecule has 0 bridgehead atoms. The Morgan fingerprint density at radius 3 is 2.53 bits per heavy atom. The van der Waals surface area contributed by atoms with Gasteiger partial charge in [0.15, 0.2) is 23.1 Å². The summed E-state index contributed by atoms with van der Waals surface area (Å²) in [5.74, 6) is -4.41. The first-order valence-electron chi connectivity index (χ1n) is 5.65. The lowest BCUT2D eigenvalue weighted by molar-refractivity contribution is -0.122. The van der Waals surface area contributed by atoms with E-state index in [1.165, 1.54) is 0 Å². The molecule has 0 spiro atoms. The lowest BCUT2D eigenvalue weighted by Crippen LogP contribution is -2.28. The van der Waals surface area contributed by atoms with Crippen molar-refractivity contribution in [3.63, 3.8) is 0 Å². The van der Waals surface area contributed by atoms with Crippen molar-refractivity contribution in [3.8, 4) is 17.2 Å². The van der Waals surface area contributed by atoms with Crippen LogP contribution in [0, 0.1) is 11.7 Å². The Morgan fingerprint density at radius 1 is 1.32 bits per heavy atom. The third kappa shape index (κ3) is 3.55. The van der Waals surface area contributed by atoms with Crippen LogP contribution in [0.2, 0.25) is 0 Å².